The molecule has 0 radical (unpaired) electrons. The minimum absolute atomic E-state index is 0.114. The van der Waals surface area contributed by atoms with Gasteiger partial charge in [-0.3, -0.25) is 9.59 Å². The summed E-state index contributed by atoms with van der Waals surface area (Å²) in [5.74, 6) is -0.912. The highest BCUT2D eigenvalue weighted by molar-refractivity contribution is 6.00. The van der Waals surface area contributed by atoms with E-state index in [-0.39, 0.29) is 5.92 Å². The number of carbonyl (C=O) groups excluding carboxylic acids is 2. The molecule has 0 heterocycles. The molecule has 4 nitrogen and oxygen atoms in total. The lowest BCUT2D eigenvalue weighted by atomic mass is 9.67. The molecule has 1 atom stereocenters. The first-order chi connectivity index (χ1) is 9.05. The molecule has 1 aromatic rings. The number of rotatable bonds is 2. The van der Waals surface area contributed by atoms with Crippen LogP contribution >= 0.6 is 0 Å². The Morgan fingerprint density at radius 2 is 1.74 bits per heavy atom. The lowest BCUT2D eigenvalue weighted by molar-refractivity contribution is -0.170. The molecule has 1 aliphatic rings. The summed E-state index contributed by atoms with van der Waals surface area (Å²) < 4.78 is 9.68. The maximum atomic E-state index is 12.1. The summed E-state index contributed by atoms with van der Waals surface area (Å²) in [6.07, 6.45) is 0.760. The lowest BCUT2D eigenvalue weighted by Crippen LogP contribution is -2.46. The zero-order valence-corrected chi connectivity index (χ0v) is 11.4. The average Bonchev–Trinajstić information content (AvgIpc) is 2.45. The molecular formula is C15H18O4. The van der Waals surface area contributed by atoms with Crippen LogP contribution in [-0.4, -0.2) is 26.2 Å². The Balaban J connectivity index is 2.49. The molecule has 0 aromatic heterocycles. The van der Waals surface area contributed by atoms with E-state index in [2.05, 4.69) is 0 Å². The number of benzene rings is 1. The summed E-state index contributed by atoms with van der Waals surface area (Å²) in [7, 11) is 2.61. The largest absolute Gasteiger partial charge is 0.468 e. The van der Waals surface area contributed by atoms with Gasteiger partial charge in [0.2, 0.25) is 0 Å². The number of esters is 2. The molecule has 0 spiro atoms. The third kappa shape index (κ3) is 2.11. The van der Waals surface area contributed by atoms with Gasteiger partial charge in [-0.15, -0.1) is 0 Å². The smallest absolute Gasteiger partial charge is 0.323 e. The molecule has 0 fully saturated rings. The number of fused-ring (bicyclic) bond motifs is 1. The summed E-state index contributed by atoms with van der Waals surface area (Å²) in [6, 6.07) is 7.87. The van der Waals surface area contributed by atoms with Gasteiger partial charge in [0, 0.05) is 0 Å². The molecule has 19 heavy (non-hydrogen) atoms. The van der Waals surface area contributed by atoms with Gasteiger partial charge in [-0.05, 0) is 29.9 Å². The zero-order chi connectivity index (χ0) is 14.0. The molecule has 1 aromatic carbocycles. The minimum atomic E-state index is -1.21. The Bertz CT molecular complexity index is 491. The Hall–Kier alpha value is -1.84. The Kier molecular flexibility index (Phi) is 3.60. The van der Waals surface area contributed by atoms with E-state index >= 15 is 0 Å². The standard InChI is InChI=1S/C15H18O4/c1-10-8-15(13(16)18-2,14(17)19-3)9-11-6-4-5-7-12(10)11/h4-7,10H,8-9H2,1-3H3. The zero-order valence-electron chi connectivity index (χ0n) is 11.4. The van der Waals surface area contributed by atoms with Crippen LogP contribution in [0.15, 0.2) is 24.3 Å². The van der Waals surface area contributed by atoms with Crippen molar-refractivity contribution in [3.63, 3.8) is 0 Å². The molecule has 102 valence electrons. The van der Waals surface area contributed by atoms with Gasteiger partial charge in [-0.1, -0.05) is 31.2 Å². The van der Waals surface area contributed by atoms with Crippen molar-refractivity contribution < 1.29 is 19.1 Å². The van der Waals surface area contributed by atoms with Crippen molar-refractivity contribution in [1.82, 2.24) is 0 Å². The molecule has 0 saturated carbocycles. The third-order valence-corrected chi connectivity index (χ3v) is 3.89. The van der Waals surface area contributed by atoms with Crippen LogP contribution in [0.4, 0.5) is 0 Å². The van der Waals surface area contributed by atoms with Crippen LogP contribution in [0.1, 0.15) is 30.4 Å². The topological polar surface area (TPSA) is 52.6 Å². The van der Waals surface area contributed by atoms with Crippen molar-refractivity contribution in [2.45, 2.75) is 25.7 Å². The average molecular weight is 262 g/mol. The summed E-state index contributed by atoms with van der Waals surface area (Å²) in [4.78, 5) is 24.2. The first-order valence-electron chi connectivity index (χ1n) is 6.30. The molecule has 0 amide bonds. The van der Waals surface area contributed by atoms with Crippen LogP contribution in [-0.2, 0) is 25.5 Å². The van der Waals surface area contributed by atoms with Crippen LogP contribution in [0.25, 0.3) is 0 Å². The molecule has 0 N–H and O–H groups in total. The maximum absolute atomic E-state index is 12.1. The second-order valence-corrected chi connectivity index (χ2v) is 5.05. The predicted molar refractivity (Wildman–Crippen MR) is 69.6 cm³/mol. The molecule has 4 heteroatoms. The molecule has 0 aliphatic heterocycles. The van der Waals surface area contributed by atoms with Crippen LogP contribution < -0.4 is 0 Å². The van der Waals surface area contributed by atoms with Gasteiger partial charge in [0.25, 0.3) is 0 Å². The Morgan fingerprint density at radius 3 is 2.32 bits per heavy atom. The summed E-state index contributed by atoms with van der Waals surface area (Å²) in [5.41, 5.74) is 0.986. The molecule has 0 saturated heterocycles. The van der Waals surface area contributed by atoms with Crippen molar-refractivity contribution in [3.8, 4) is 0 Å². The van der Waals surface area contributed by atoms with Crippen LogP contribution in [0.3, 0.4) is 0 Å². The Morgan fingerprint density at radius 1 is 1.16 bits per heavy atom. The van der Waals surface area contributed by atoms with E-state index in [0.717, 1.165) is 5.56 Å². The number of carbonyl (C=O) groups is 2. The summed E-state index contributed by atoms with van der Waals surface area (Å²) in [5, 5.41) is 0. The van der Waals surface area contributed by atoms with Crippen LogP contribution in [0.5, 0.6) is 0 Å². The SMILES string of the molecule is COC(=O)C1(C(=O)OC)Cc2ccccc2C(C)C1. The van der Waals surface area contributed by atoms with Crippen molar-refractivity contribution in [1.29, 1.82) is 0 Å². The van der Waals surface area contributed by atoms with Crippen molar-refractivity contribution in [2.24, 2.45) is 5.41 Å². The van der Waals surface area contributed by atoms with Gasteiger partial charge < -0.3 is 9.47 Å². The van der Waals surface area contributed by atoms with Gasteiger partial charge in [0.05, 0.1) is 14.2 Å². The molecule has 1 aliphatic carbocycles. The van der Waals surface area contributed by atoms with Crippen molar-refractivity contribution in [3.05, 3.63) is 35.4 Å². The summed E-state index contributed by atoms with van der Waals surface area (Å²) in [6.45, 7) is 2.01. The van der Waals surface area contributed by atoms with Crippen molar-refractivity contribution in [2.75, 3.05) is 14.2 Å². The maximum Gasteiger partial charge on any atom is 0.323 e. The van der Waals surface area contributed by atoms with E-state index in [0.29, 0.717) is 12.8 Å². The van der Waals surface area contributed by atoms with Gasteiger partial charge in [0.1, 0.15) is 0 Å². The summed E-state index contributed by atoms with van der Waals surface area (Å²) >= 11 is 0. The van der Waals surface area contributed by atoms with Crippen LogP contribution in [0, 0.1) is 5.41 Å². The first-order valence-corrected chi connectivity index (χ1v) is 6.30. The van der Waals surface area contributed by atoms with E-state index in [4.69, 9.17) is 9.47 Å². The van der Waals surface area contributed by atoms with Gasteiger partial charge in [-0.25, -0.2) is 0 Å². The van der Waals surface area contributed by atoms with E-state index < -0.39 is 17.4 Å². The normalized spacial score (nSPS) is 20.3. The van der Waals surface area contributed by atoms with E-state index in [9.17, 15) is 9.59 Å². The van der Waals surface area contributed by atoms with E-state index in [1.54, 1.807) is 0 Å². The fourth-order valence-corrected chi connectivity index (χ4v) is 2.99. The van der Waals surface area contributed by atoms with Gasteiger partial charge >= 0.3 is 11.9 Å². The molecular weight excluding hydrogens is 244 g/mol. The fraction of sp³-hybridized carbons (Fsp3) is 0.467. The third-order valence-electron chi connectivity index (χ3n) is 3.89. The van der Waals surface area contributed by atoms with Gasteiger partial charge in [0.15, 0.2) is 5.41 Å². The van der Waals surface area contributed by atoms with Crippen LogP contribution in [0.2, 0.25) is 0 Å². The second-order valence-electron chi connectivity index (χ2n) is 5.05. The lowest BCUT2D eigenvalue weighted by Gasteiger charge is -2.36. The number of hydrogen-bond acceptors (Lipinski definition) is 4. The minimum Gasteiger partial charge on any atom is -0.468 e. The number of ether oxygens (including phenoxy) is 2. The molecule has 0 bridgehead atoms. The van der Waals surface area contributed by atoms with E-state index in [1.165, 1.54) is 19.8 Å². The van der Waals surface area contributed by atoms with Crippen molar-refractivity contribution >= 4 is 11.9 Å². The monoisotopic (exact) mass is 262 g/mol. The number of methoxy groups -OCH3 is 2. The highest BCUT2D eigenvalue weighted by atomic mass is 16.5. The number of hydrogen-bond donors (Lipinski definition) is 0. The Labute approximate surface area is 112 Å². The predicted octanol–water partition coefficient (Wildman–Crippen LogP) is 2.07. The molecule has 2 rings (SSSR count). The first kappa shape index (κ1) is 13.6. The van der Waals surface area contributed by atoms with Gasteiger partial charge in [-0.2, -0.15) is 0 Å². The highest BCUT2D eigenvalue weighted by Gasteiger charge is 2.51. The highest BCUT2D eigenvalue weighted by Crippen LogP contribution is 2.43. The molecule has 1 unspecified atom stereocenters. The fourth-order valence-electron chi connectivity index (χ4n) is 2.99. The quantitative estimate of drug-likeness (QED) is 0.605. The second kappa shape index (κ2) is 5.03. The van der Waals surface area contributed by atoms with E-state index in [1.807, 2.05) is 31.2 Å².